The standard InChI is InChI=1S/C18H20Cl2N2O/c1-3-13-6-4-5-7-17(13)21-18(23)12-22(2)11-14-8-9-15(19)10-16(14)20/h4-10H,3,11-12H2,1-2H3,(H,21,23)/p+1. The number of carbonyl (C=O) groups is 1. The summed E-state index contributed by atoms with van der Waals surface area (Å²) in [5.74, 6) is -0.00603. The van der Waals surface area contributed by atoms with Gasteiger partial charge < -0.3 is 10.2 Å². The van der Waals surface area contributed by atoms with E-state index >= 15 is 0 Å². The van der Waals surface area contributed by atoms with E-state index in [0.717, 1.165) is 28.1 Å². The van der Waals surface area contributed by atoms with Crippen molar-refractivity contribution in [2.45, 2.75) is 19.9 Å². The maximum Gasteiger partial charge on any atom is 0.279 e. The number of benzene rings is 2. The molecule has 0 heterocycles. The van der Waals surface area contributed by atoms with Crippen LogP contribution in [0.4, 0.5) is 5.69 Å². The van der Waals surface area contributed by atoms with Crippen LogP contribution in [-0.4, -0.2) is 19.5 Å². The maximum absolute atomic E-state index is 12.2. The van der Waals surface area contributed by atoms with Crippen molar-refractivity contribution in [1.82, 2.24) is 0 Å². The zero-order valence-corrected chi connectivity index (χ0v) is 14.8. The van der Waals surface area contributed by atoms with Crippen molar-refractivity contribution in [1.29, 1.82) is 0 Å². The molecule has 1 amide bonds. The molecule has 0 aliphatic heterocycles. The SMILES string of the molecule is CCc1ccccc1NC(=O)C[NH+](C)Cc1ccc(Cl)cc1Cl. The summed E-state index contributed by atoms with van der Waals surface area (Å²) in [4.78, 5) is 13.3. The quantitative estimate of drug-likeness (QED) is 0.823. The molecular formula is C18H21Cl2N2O+. The Hall–Kier alpha value is -1.55. The molecule has 23 heavy (non-hydrogen) atoms. The molecule has 2 rings (SSSR count). The summed E-state index contributed by atoms with van der Waals surface area (Å²) in [5, 5.41) is 4.24. The summed E-state index contributed by atoms with van der Waals surface area (Å²) in [7, 11) is 1.97. The Bertz CT molecular complexity index is 688. The Balaban J connectivity index is 1.94. The average Bonchev–Trinajstić information content (AvgIpc) is 2.50. The van der Waals surface area contributed by atoms with E-state index in [1.54, 1.807) is 6.07 Å². The van der Waals surface area contributed by atoms with Crippen molar-refractivity contribution in [3.8, 4) is 0 Å². The minimum Gasteiger partial charge on any atom is -0.326 e. The number of nitrogens with one attached hydrogen (secondary N) is 2. The van der Waals surface area contributed by atoms with Gasteiger partial charge in [0.2, 0.25) is 0 Å². The first kappa shape index (κ1) is 17.8. The second-order valence-electron chi connectivity index (χ2n) is 5.61. The van der Waals surface area contributed by atoms with Crippen LogP contribution < -0.4 is 10.2 Å². The third-order valence-corrected chi connectivity index (χ3v) is 4.23. The van der Waals surface area contributed by atoms with Gasteiger partial charge in [-0.2, -0.15) is 0 Å². The normalized spacial score (nSPS) is 12.0. The van der Waals surface area contributed by atoms with Crippen LogP contribution in [0.2, 0.25) is 10.0 Å². The summed E-state index contributed by atoms with van der Waals surface area (Å²) in [6.07, 6.45) is 0.888. The molecule has 5 heteroatoms. The summed E-state index contributed by atoms with van der Waals surface area (Å²) >= 11 is 12.1. The van der Waals surface area contributed by atoms with Crippen molar-refractivity contribution in [2.24, 2.45) is 0 Å². The molecule has 0 saturated heterocycles. The van der Waals surface area contributed by atoms with Crippen LogP contribution in [-0.2, 0) is 17.8 Å². The molecule has 0 aromatic heterocycles. The molecule has 2 aromatic carbocycles. The molecule has 2 N–H and O–H groups in total. The number of para-hydroxylation sites is 1. The topological polar surface area (TPSA) is 33.5 Å². The van der Waals surface area contributed by atoms with Crippen LogP contribution in [0.1, 0.15) is 18.1 Å². The highest BCUT2D eigenvalue weighted by Crippen LogP contribution is 2.20. The summed E-state index contributed by atoms with van der Waals surface area (Å²) in [5.41, 5.74) is 3.01. The highest BCUT2D eigenvalue weighted by Gasteiger charge is 2.13. The molecule has 0 aliphatic rings. The fraction of sp³-hybridized carbons (Fsp3) is 0.278. The maximum atomic E-state index is 12.2. The number of amides is 1. The molecule has 1 unspecified atom stereocenters. The summed E-state index contributed by atoms with van der Waals surface area (Å²) in [6, 6.07) is 13.3. The molecule has 0 radical (unpaired) electrons. The molecular weight excluding hydrogens is 331 g/mol. The molecule has 0 spiro atoms. The van der Waals surface area contributed by atoms with E-state index < -0.39 is 0 Å². The van der Waals surface area contributed by atoms with Gasteiger partial charge in [0.15, 0.2) is 6.54 Å². The van der Waals surface area contributed by atoms with E-state index in [2.05, 4.69) is 12.2 Å². The molecule has 0 aliphatic carbocycles. The molecule has 122 valence electrons. The lowest BCUT2D eigenvalue weighted by atomic mass is 10.1. The van der Waals surface area contributed by atoms with Crippen LogP contribution >= 0.6 is 23.2 Å². The largest absolute Gasteiger partial charge is 0.326 e. The number of aryl methyl sites for hydroxylation is 1. The van der Waals surface area contributed by atoms with E-state index in [1.165, 1.54) is 0 Å². The van der Waals surface area contributed by atoms with Gasteiger partial charge in [0, 0.05) is 16.3 Å². The second-order valence-corrected chi connectivity index (χ2v) is 6.45. The molecule has 1 atom stereocenters. The van der Waals surface area contributed by atoms with Gasteiger partial charge in [0.05, 0.1) is 12.1 Å². The molecule has 0 fully saturated rings. The lowest BCUT2D eigenvalue weighted by Gasteiger charge is -2.16. The number of hydrogen-bond donors (Lipinski definition) is 2. The van der Waals surface area contributed by atoms with Crippen molar-refractivity contribution in [3.05, 3.63) is 63.6 Å². The van der Waals surface area contributed by atoms with Gasteiger partial charge in [-0.05, 0) is 30.2 Å². The van der Waals surface area contributed by atoms with Gasteiger partial charge in [-0.15, -0.1) is 0 Å². The average molecular weight is 352 g/mol. The first-order chi connectivity index (χ1) is 11.0. The molecule has 3 nitrogen and oxygen atoms in total. The predicted molar refractivity (Wildman–Crippen MR) is 96.4 cm³/mol. The van der Waals surface area contributed by atoms with E-state index in [4.69, 9.17) is 23.2 Å². The van der Waals surface area contributed by atoms with E-state index in [1.807, 2.05) is 43.4 Å². The van der Waals surface area contributed by atoms with Crippen molar-refractivity contribution >= 4 is 34.8 Å². The van der Waals surface area contributed by atoms with E-state index in [9.17, 15) is 4.79 Å². The van der Waals surface area contributed by atoms with Gasteiger partial charge in [0.25, 0.3) is 5.91 Å². The fourth-order valence-electron chi connectivity index (χ4n) is 2.47. The lowest BCUT2D eigenvalue weighted by Crippen LogP contribution is -3.08. The molecule has 0 saturated carbocycles. The number of rotatable bonds is 6. The monoisotopic (exact) mass is 351 g/mol. The first-order valence-corrected chi connectivity index (χ1v) is 8.38. The van der Waals surface area contributed by atoms with Gasteiger partial charge in [-0.25, -0.2) is 0 Å². The van der Waals surface area contributed by atoms with E-state index in [0.29, 0.717) is 23.1 Å². The van der Waals surface area contributed by atoms with Gasteiger partial charge in [-0.3, -0.25) is 4.79 Å². The minimum absolute atomic E-state index is 0.00603. The van der Waals surface area contributed by atoms with Crippen molar-refractivity contribution in [2.75, 3.05) is 18.9 Å². The summed E-state index contributed by atoms with van der Waals surface area (Å²) < 4.78 is 0. The number of quaternary nitrogens is 1. The van der Waals surface area contributed by atoms with Crippen LogP contribution in [0, 0.1) is 0 Å². The van der Waals surface area contributed by atoms with Crippen LogP contribution in [0.15, 0.2) is 42.5 Å². The Labute approximate surface area is 147 Å². The predicted octanol–water partition coefficient (Wildman–Crippen LogP) is 3.21. The first-order valence-electron chi connectivity index (χ1n) is 7.62. The number of halogens is 2. The van der Waals surface area contributed by atoms with Gasteiger partial charge in [-0.1, -0.05) is 54.4 Å². The van der Waals surface area contributed by atoms with Crippen LogP contribution in [0.25, 0.3) is 0 Å². The second kappa shape index (κ2) is 8.34. The third-order valence-electron chi connectivity index (χ3n) is 3.64. The third kappa shape index (κ3) is 5.24. The van der Waals surface area contributed by atoms with Gasteiger partial charge in [0.1, 0.15) is 6.54 Å². The van der Waals surface area contributed by atoms with E-state index in [-0.39, 0.29) is 5.91 Å². The highest BCUT2D eigenvalue weighted by molar-refractivity contribution is 6.35. The minimum atomic E-state index is -0.00603. The van der Waals surface area contributed by atoms with Gasteiger partial charge >= 0.3 is 0 Å². The number of likely N-dealkylation sites (N-methyl/N-ethyl adjacent to an activating group) is 1. The smallest absolute Gasteiger partial charge is 0.279 e. The molecule has 2 aromatic rings. The number of hydrogen-bond acceptors (Lipinski definition) is 1. The zero-order valence-electron chi connectivity index (χ0n) is 13.3. The Morgan fingerprint density at radius 1 is 1.13 bits per heavy atom. The number of anilines is 1. The Kier molecular flexibility index (Phi) is 6.46. The number of carbonyl (C=O) groups excluding carboxylic acids is 1. The van der Waals surface area contributed by atoms with Crippen molar-refractivity contribution < 1.29 is 9.69 Å². The molecule has 0 bridgehead atoms. The highest BCUT2D eigenvalue weighted by atomic mass is 35.5. The Morgan fingerprint density at radius 2 is 1.87 bits per heavy atom. The lowest BCUT2D eigenvalue weighted by molar-refractivity contribution is -0.885. The summed E-state index contributed by atoms with van der Waals surface area (Å²) in [6.45, 7) is 3.11. The zero-order chi connectivity index (χ0) is 16.8. The fourth-order valence-corrected chi connectivity index (χ4v) is 2.95. The van der Waals surface area contributed by atoms with Crippen molar-refractivity contribution in [3.63, 3.8) is 0 Å². The van der Waals surface area contributed by atoms with Crippen LogP contribution in [0.3, 0.4) is 0 Å². The Morgan fingerprint density at radius 3 is 2.57 bits per heavy atom. The van der Waals surface area contributed by atoms with Crippen LogP contribution in [0.5, 0.6) is 0 Å².